The van der Waals surface area contributed by atoms with Gasteiger partial charge in [-0.1, -0.05) is 78.9 Å². The van der Waals surface area contributed by atoms with E-state index in [-0.39, 0.29) is 12.5 Å². The van der Waals surface area contributed by atoms with Gasteiger partial charge in [0.2, 0.25) is 11.8 Å². The molecule has 2 heterocycles. The Labute approximate surface area is 185 Å². The molecule has 6 nitrogen and oxygen atoms in total. The lowest BCUT2D eigenvalue weighted by atomic mass is 9.76. The monoisotopic (exact) mass is 424 g/mol. The molecule has 3 aromatic rings. The molecule has 0 aliphatic carbocycles. The molecular weight excluding hydrogens is 404 g/mol. The summed E-state index contributed by atoms with van der Waals surface area (Å²) in [6.07, 6.45) is 1.44. The molecule has 32 heavy (non-hydrogen) atoms. The summed E-state index contributed by atoms with van der Waals surface area (Å²) in [6, 6.07) is 26.9. The van der Waals surface area contributed by atoms with E-state index in [1.165, 1.54) is 6.21 Å². The van der Waals surface area contributed by atoms with Crippen molar-refractivity contribution in [1.29, 1.82) is 0 Å². The number of fused-ring (bicyclic) bond motifs is 1. The largest absolute Gasteiger partial charge is 0.459 e. The smallest absolute Gasteiger partial charge is 0.339 e. The van der Waals surface area contributed by atoms with Crippen molar-refractivity contribution in [1.82, 2.24) is 0 Å². The minimum absolute atomic E-state index is 0.0473. The van der Waals surface area contributed by atoms with Gasteiger partial charge in [-0.05, 0) is 23.3 Å². The summed E-state index contributed by atoms with van der Waals surface area (Å²) in [6.45, 7) is 0.0473. The van der Waals surface area contributed by atoms with E-state index in [4.69, 9.17) is 4.74 Å². The minimum atomic E-state index is -1.61. The molecule has 5 rings (SSSR count). The Bertz CT molecular complexity index is 1190. The third-order valence-electron chi connectivity index (χ3n) is 5.99. The van der Waals surface area contributed by atoms with Crippen LogP contribution in [-0.2, 0) is 31.3 Å². The summed E-state index contributed by atoms with van der Waals surface area (Å²) in [4.78, 5) is 46.0. The molecule has 0 radical (unpaired) electrons. The van der Waals surface area contributed by atoms with E-state index in [1.54, 1.807) is 48.5 Å². The number of ether oxygens (including phenoxy) is 1. The van der Waals surface area contributed by atoms with E-state index in [0.29, 0.717) is 11.3 Å². The van der Waals surface area contributed by atoms with Crippen molar-refractivity contribution in [3.63, 3.8) is 0 Å². The fraction of sp³-hybridized carbons (Fsp3) is 0.154. The quantitative estimate of drug-likeness (QED) is 0.464. The number of carbonyl (C=O) groups is 3. The summed E-state index contributed by atoms with van der Waals surface area (Å²) in [5, 5.41) is 0. The van der Waals surface area contributed by atoms with Crippen molar-refractivity contribution in [2.45, 2.75) is 12.1 Å². The van der Waals surface area contributed by atoms with Crippen molar-refractivity contribution in [3.8, 4) is 0 Å². The van der Waals surface area contributed by atoms with Gasteiger partial charge in [0.15, 0.2) is 5.54 Å². The lowest BCUT2D eigenvalue weighted by Gasteiger charge is -2.30. The second-order valence-corrected chi connectivity index (χ2v) is 7.82. The predicted octanol–water partition coefficient (Wildman–Crippen LogP) is 3.52. The van der Waals surface area contributed by atoms with Gasteiger partial charge < -0.3 is 4.74 Å². The first-order valence-electron chi connectivity index (χ1n) is 10.4. The maximum absolute atomic E-state index is 13.6. The summed E-state index contributed by atoms with van der Waals surface area (Å²) in [7, 11) is 0. The van der Waals surface area contributed by atoms with Crippen LogP contribution in [0.5, 0.6) is 0 Å². The fourth-order valence-electron chi connectivity index (χ4n) is 4.47. The molecule has 0 unspecified atom stereocenters. The lowest BCUT2D eigenvalue weighted by Crippen LogP contribution is -2.45. The van der Waals surface area contributed by atoms with Crippen molar-refractivity contribution >= 4 is 29.7 Å². The van der Waals surface area contributed by atoms with Gasteiger partial charge in [0, 0.05) is 6.21 Å². The number of esters is 1. The van der Waals surface area contributed by atoms with E-state index in [9.17, 15) is 14.4 Å². The number of nitrogens with zero attached hydrogens (tertiary/aromatic N) is 2. The molecule has 0 N–H and O–H groups in total. The average Bonchev–Trinajstić information content (AvgIpc) is 3.36. The zero-order valence-corrected chi connectivity index (χ0v) is 17.1. The van der Waals surface area contributed by atoms with Gasteiger partial charge in [0.05, 0.1) is 17.5 Å². The molecule has 0 saturated carbocycles. The van der Waals surface area contributed by atoms with Gasteiger partial charge in [-0.15, -0.1) is 0 Å². The topological polar surface area (TPSA) is 76.0 Å². The Morgan fingerprint density at radius 1 is 0.844 bits per heavy atom. The van der Waals surface area contributed by atoms with E-state index in [0.717, 1.165) is 10.5 Å². The van der Waals surface area contributed by atoms with Crippen LogP contribution in [-0.4, -0.2) is 24.0 Å². The fourth-order valence-corrected chi connectivity index (χ4v) is 4.47. The van der Waals surface area contributed by atoms with Crippen LogP contribution >= 0.6 is 0 Å². The number of benzene rings is 3. The highest BCUT2D eigenvalue weighted by Crippen LogP contribution is 2.49. The molecular formula is C26H20N2O4. The number of imide groups is 1. The van der Waals surface area contributed by atoms with Crippen molar-refractivity contribution in [2.24, 2.45) is 16.8 Å². The zero-order valence-electron chi connectivity index (χ0n) is 17.1. The van der Waals surface area contributed by atoms with Crippen molar-refractivity contribution in [3.05, 3.63) is 102 Å². The van der Waals surface area contributed by atoms with Crippen LogP contribution in [0.3, 0.4) is 0 Å². The Balaban J connectivity index is 1.55. The molecule has 158 valence electrons. The number of carbonyl (C=O) groups excluding carboxylic acids is 3. The molecule has 6 heteroatoms. The summed E-state index contributed by atoms with van der Waals surface area (Å²) < 4.78 is 5.67. The highest BCUT2D eigenvalue weighted by molar-refractivity contribution is 6.28. The second kappa shape index (κ2) is 7.89. The van der Waals surface area contributed by atoms with Gasteiger partial charge in [0.25, 0.3) is 0 Å². The Morgan fingerprint density at radius 3 is 2.09 bits per heavy atom. The highest BCUT2D eigenvalue weighted by atomic mass is 16.5. The third kappa shape index (κ3) is 3.03. The Kier molecular flexibility index (Phi) is 4.90. The number of amides is 2. The molecule has 0 bridgehead atoms. The predicted molar refractivity (Wildman–Crippen MR) is 119 cm³/mol. The minimum Gasteiger partial charge on any atom is -0.459 e. The zero-order chi connectivity index (χ0) is 22.1. The summed E-state index contributed by atoms with van der Waals surface area (Å²) in [5.41, 5.74) is 0.210. The second-order valence-electron chi connectivity index (χ2n) is 7.82. The first-order chi connectivity index (χ1) is 15.6. The number of para-hydroxylation sites is 1. The van der Waals surface area contributed by atoms with Crippen molar-refractivity contribution in [2.75, 3.05) is 4.90 Å². The number of aliphatic imine (C=N–C) groups is 1. The standard InChI is InChI=1S/C26H20N2O4/c29-23-21-16-27-26(19-12-6-2-7-13-19,25(31)32-17-18-10-4-1-5-11-18)22(21)24(30)28(23)20-14-8-3-9-15-20/h1-16,21-22H,17H2/t21-,22+,26+/m1/s1. The molecule has 2 aliphatic heterocycles. The van der Waals surface area contributed by atoms with Crippen LogP contribution in [0, 0.1) is 11.8 Å². The summed E-state index contributed by atoms with van der Waals surface area (Å²) in [5.74, 6) is -3.31. The number of hydrogen-bond donors (Lipinski definition) is 0. The molecule has 3 atom stereocenters. The molecule has 2 aliphatic rings. The van der Waals surface area contributed by atoms with E-state index in [2.05, 4.69) is 4.99 Å². The van der Waals surface area contributed by atoms with Gasteiger partial charge in [-0.2, -0.15) is 0 Å². The Morgan fingerprint density at radius 2 is 1.44 bits per heavy atom. The molecule has 1 fully saturated rings. The van der Waals surface area contributed by atoms with Crippen LogP contribution in [0.4, 0.5) is 5.69 Å². The van der Waals surface area contributed by atoms with Crippen LogP contribution < -0.4 is 4.90 Å². The molecule has 0 aromatic heterocycles. The van der Waals surface area contributed by atoms with E-state index < -0.39 is 29.3 Å². The van der Waals surface area contributed by atoms with Gasteiger partial charge in [0.1, 0.15) is 6.61 Å². The van der Waals surface area contributed by atoms with Crippen LogP contribution in [0.25, 0.3) is 0 Å². The maximum atomic E-state index is 13.6. The first kappa shape index (κ1) is 19.9. The van der Waals surface area contributed by atoms with Gasteiger partial charge in [-0.3, -0.25) is 14.6 Å². The van der Waals surface area contributed by atoms with Crippen LogP contribution in [0.15, 0.2) is 96.0 Å². The molecule has 0 spiro atoms. The number of anilines is 1. The normalized spacial score (nSPS) is 23.9. The molecule has 1 saturated heterocycles. The lowest BCUT2D eigenvalue weighted by molar-refractivity contribution is -0.155. The van der Waals surface area contributed by atoms with E-state index >= 15 is 0 Å². The van der Waals surface area contributed by atoms with Gasteiger partial charge in [-0.25, -0.2) is 9.69 Å². The summed E-state index contributed by atoms with van der Waals surface area (Å²) >= 11 is 0. The third-order valence-corrected chi connectivity index (χ3v) is 5.99. The SMILES string of the molecule is O=C1[C@@H]2[C@@H](C=N[C@@]2(C(=O)OCc2ccccc2)c2ccccc2)C(=O)N1c1ccccc1. The first-order valence-corrected chi connectivity index (χ1v) is 10.4. The van der Waals surface area contributed by atoms with E-state index in [1.807, 2.05) is 42.5 Å². The van der Waals surface area contributed by atoms with Crippen molar-refractivity contribution < 1.29 is 19.1 Å². The van der Waals surface area contributed by atoms with Crippen LogP contribution in [0.1, 0.15) is 11.1 Å². The number of rotatable bonds is 5. The highest BCUT2D eigenvalue weighted by Gasteiger charge is 2.65. The molecule has 2 amide bonds. The van der Waals surface area contributed by atoms with Gasteiger partial charge >= 0.3 is 5.97 Å². The van der Waals surface area contributed by atoms with Crippen LogP contribution in [0.2, 0.25) is 0 Å². The Hall–Kier alpha value is -4.06. The number of hydrogen-bond acceptors (Lipinski definition) is 5. The average molecular weight is 424 g/mol. The molecule has 3 aromatic carbocycles. The maximum Gasteiger partial charge on any atom is 0.339 e.